The van der Waals surface area contributed by atoms with Crippen LogP contribution < -0.4 is 14.8 Å². The molecule has 0 radical (unpaired) electrons. The summed E-state index contributed by atoms with van der Waals surface area (Å²) >= 11 is 0. The number of hydrogen-bond acceptors (Lipinski definition) is 3. The van der Waals surface area contributed by atoms with Crippen LogP contribution in [0.3, 0.4) is 0 Å². The highest BCUT2D eigenvalue weighted by Crippen LogP contribution is 2.22. The van der Waals surface area contributed by atoms with Gasteiger partial charge < -0.3 is 14.8 Å². The van der Waals surface area contributed by atoms with Gasteiger partial charge >= 0.3 is 6.18 Å². The summed E-state index contributed by atoms with van der Waals surface area (Å²) in [5, 5.41) is 3.23. The van der Waals surface area contributed by atoms with Crippen LogP contribution >= 0.6 is 12.4 Å². The highest BCUT2D eigenvalue weighted by molar-refractivity contribution is 5.85. The van der Waals surface area contributed by atoms with Gasteiger partial charge in [-0.15, -0.1) is 12.4 Å². The van der Waals surface area contributed by atoms with Crippen molar-refractivity contribution in [2.45, 2.75) is 25.1 Å². The maximum atomic E-state index is 12.0. The average Bonchev–Trinajstić information content (AvgIpc) is 2.38. The second-order valence-corrected chi connectivity index (χ2v) is 4.44. The lowest BCUT2D eigenvalue weighted by Gasteiger charge is -2.23. The fraction of sp³-hybridized carbons (Fsp3) is 0.538. The van der Waals surface area contributed by atoms with Crippen LogP contribution in [0, 0.1) is 0 Å². The van der Waals surface area contributed by atoms with Gasteiger partial charge in [0.15, 0.2) is 6.61 Å². The van der Waals surface area contributed by atoms with Crippen LogP contribution in [0.1, 0.15) is 12.8 Å². The molecule has 0 aromatic heterocycles. The van der Waals surface area contributed by atoms with Crippen LogP contribution in [0.15, 0.2) is 24.3 Å². The van der Waals surface area contributed by atoms with E-state index in [1.807, 2.05) is 0 Å². The van der Waals surface area contributed by atoms with Crippen molar-refractivity contribution in [1.82, 2.24) is 5.32 Å². The molecule has 1 aromatic rings. The van der Waals surface area contributed by atoms with Crippen molar-refractivity contribution in [3.8, 4) is 11.5 Å². The molecule has 0 aliphatic carbocycles. The molecule has 1 aliphatic rings. The number of benzene rings is 1. The molecule has 0 unspecified atom stereocenters. The molecule has 0 saturated carbocycles. The number of hydrogen-bond donors (Lipinski definition) is 1. The van der Waals surface area contributed by atoms with Crippen molar-refractivity contribution in [1.29, 1.82) is 0 Å². The number of alkyl halides is 3. The molecule has 0 amide bonds. The normalized spacial score (nSPS) is 16.4. The third-order valence-corrected chi connectivity index (χ3v) is 2.82. The summed E-state index contributed by atoms with van der Waals surface area (Å²) in [6.45, 7) is 0.580. The standard InChI is InChI=1S/C13H16F3NO2.ClH/c14-13(15,16)9-18-10-1-3-11(4-2-10)19-12-5-7-17-8-6-12;/h1-4,12,17H,5-9H2;1H. The monoisotopic (exact) mass is 311 g/mol. The number of piperidine rings is 1. The predicted molar refractivity (Wildman–Crippen MR) is 71.8 cm³/mol. The molecule has 3 nitrogen and oxygen atoms in total. The molecule has 1 aliphatic heterocycles. The van der Waals surface area contributed by atoms with Crippen LogP contribution in [0.2, 0.25) is 0 Å². The lowest BCUT2D eigenvalue weighted by atomic mass is 10.1. The third-order valence-electron chi connectivity index (χ3n) is 2.82. The Kier molecular flexibility index (Phi) is 6.42. The zero-order valence-electron chi connectivity index (χ0n) is 10.8. The summed E-state index contributed by atoms with van der Waals surface area (Å²) < 4.78 is 46.3. The minimum absolute atomic E-state index is 0. The molecule has 0 atom stereocenters. The van der Waals surface area contributed by atoms with Gasteiger partial charge in [0.2, 0.25) is 0 Å². The summed E-state index contributed by atoms with van der Waals surface area (Å²) in [4.78, 5) is 0. The van der Waals surface area contributed by atoms with Crippen molar-refractivity contribution >= 4 is 12.4 Å². The maximum absolute atomic E-state index is 12.0. The van der Waals surface area contributed by atoms with E-state index in [1.54, 1.807) is 12.1 Å². The van der Waals surface area contributed by atoms with Gasteiger partial charge in [-0.05, 0) is 50.2 Å². The first-order valence-electron chi connectivity index (χ1n) is 6.20. The van der Waals surface area contributed by atoms with Gasteiger partial charge in [-0.2, -0.15) is 13.2 Å². The summed E-state index contributed by atoms with van der Waals surface area (Å²) in [5.74, 6) is 0.848. The van der Waals surface area contributed by atoms with Crippen LogP contribution in [0.25, 0.3) is 0 Å². The minimum atomic E-state index is -4.32. The third kappa shape index (κ3) is 5.88. The minimum Gasteiger partial charge on any atom is -0.490 e. The fourth-order valence-electron chi connectivity index (χ4n) is 1.89. The van der Waals surface area contributed by atoms with Crippen LogP contribution in [0.4, 0.5) is 13.2 Å². The van der Waals surface area contributed by atoms with E-state index in [2.05, 4.69) is 10.1 Å². The molecule has 0 bridgehead atoms. The first-order chi connectivity index (χ1) is 9.03. The van der Waals surface area contributed by atoms with E-state index in [0.717, 1.165) is 25.9 Å². The van der Waals surface area contributed by atoms with E-state index >= 15 is 0 Å². The zero-order chi connectivity index (χ0) is 13.7. The predicted octanol–water partition coefficient (Wildman–Crippen LogP) is 3.18. The lowest BCUT2D eigenvalue weighted by molar-refractivity contribution is -0.153. The molecule has 2 rings (SSSR count). The van der Waals surface area contributed by atoms with Crippen molar-refractivity contribution in [2.75, 3.05) is 19.7 Å². The number of nitrogens with one attached hydrogen (secondary N) is 1. The van der Waals surface area contributed by atoms with Crippen molar-refractivity contribution in [3.63, 3.8) is 0 Å². The average molecular weight is 312 g/mol. The zero-order valence-corrected chi connectivity index (χ0v) is 11.6. The fourth-order valence-corrected chi connectivity index (χ4v) is 1.89. The Morgan fingerprint density at radius 1 is 1.05 bits per heavy atom. The second kappa shape index (κ2) is 7.59. The second-order valence-electron chi connectivity index (χ2n) is 4.44. The largest absolute Gasteiger partial charge is 0.490 e. The van der Waals surface area contributed by atoms with Crippen LogP contribution in [-0.2, 0) is 0 Å². The summed E-state index contributed by atoms with van der Waals surface area (Å²) in [6.07, 6.45) is -2.27. The number of ether oxygens (including phenoxy) is 2. The van der Waals surface area contributed by atoms with Gasteiger partial charge in [0.25, 0.3) is 0 Å². The molecular weight excluding hydrogens is 295 g/mol. The molecule has 7 heteroatoms. The Bertz CT molecular complexity index is 392. The Morgan fingerprint density at radius 2 is 1.60 bits per heavy atom. The van der Waals surface area contributed by atoms with Gasteiger partial charge in [-0.1, -0.05) is 0 Å². The molecule has 114 valence electrons. The van der Waals surface area contributed by atoms with E-state index < -0.39 is 12.8 Å². The Morgan fingerprint density at radius 3 is 2.15 bits per heavy atom. The topological polar surface area (TPSA) is 30.5 Å². The van der Waals surface area contributed by atoms with Gasteiger partial charge in [-0.3, -0.25) is 0 Å². The molecule has 1 saturated heterocycles. The molecule has 1 aromatic carbocycles. The molecule has 0 spiro atoms. The molecular formula is C13H17ClF3NO2. The van der Waals surface area contributed by atoms with Crippen LogP contribution in [0.5, 0.6) is 11.5 Å². The van der Waals surface area contributed by atoms with E-state index in [1.165, 1.54) is 12.1 Å². The van der Waals surface area contributed by atoms with Gasteiger partial charge in [0, 0.05) is 0 Å². The molecule has 1 N–H and O–H groups in total. The summed E-state index contributed by atoms with van der Waals surface area (Å²) in [5.41, 5.74) is 0. The first kappa shape index (κ1) is 16.9. The summed E-state index contributed by atoms with van der Waals surface area (Å²) in [7, 11) is 0. The Balaban J connectivity index is 0.00000200. The van der Waals surface area contributed by atoms with E-state index in [9.17, 15) is 13.2 Å². The van der Waals surface area contributed by atoms with Crippen molar-refractivity contribution in [2.24, 2.45) is 0 Å². The Hall–Kier alpha value is -1.14. The van der Waals surface area contributed by atoms with Gasteiger partial charge in [-0.25, -0.2) is 0 Å². The molecule has 1 fully saturated rings. The highest BCUT2D eigenvalue weighted by atomic mass is 35.5. The van der Waals surface area contributed by atoms with Gasteiger partial charge in [0.1, 0.15) is 17.6 Å². The SMILES string of the molecule is Cl.FC(F)(F)COc1ccc(OC2CCNCC2)cc1. The first-order valence-corrected chi connectivity index (χ1v) is 6.20. The maximum Gasteiger partial charge on any atom is 0.422 e. The Labute approximate surface area is 121 Å². The number of halogens is 4. The quantitative estimate of drug-likeness (QED) is 0.926. The number of rotatable bonds is 4. The smallest absolute Gasteiger partial charge is 0.422 e. The lowest BCUT2D eigenvalue weighted by Crippen LogP contribution is -2.34. The van der Waals surface area contributed by atoms with Crippen molar-refractivity contribution in [3.05, 3.63) is 24.3 Å². The van der Waals surface area contributed by atoms with Gasteiger partial charge in [0.05, 0.1) is 0 Å². The molecule has 1 heterocycles. The van der Waals surface area contributed by atoms with E-state index in [0.29, 0.717) is 5.75 Å². The van der Waals surface area contributed by atoms with E-state index in [4.69, 9.17) is 4.74 Å². The highest BCUT2D eigenvalue weighted by Gasteiger charge is 2.28. The van der Waals surface area contributed by atoms with E-state index in [-0.39, 0.29) is 24.3 Å². The van der Waals surface area contributed by atoms with Crippen molar-refractivity contribution < 1.29 is 22.6 Å². The van der Waals surface area contributed by atoms with Crippen LogP contribution in [-0.4, -0.2) is 32.0 Å². The molecule has 20 heavy (non-hydrogen) atoms. The summed E-state index contributed by atoms with van der Waals surface area (Å²) in [6, 6.07) is 6.24.